The molecule has 0 spiro atoms. The van der Waals surface area contributed by atoms with Crippen molar-refractivity contribution in [3.8, 4) is 5.75 Å². The highest BCUT2D eigenvalue weighted by Crippen LogP contribution is 2.38. The zero-order valence-corrected chi connectivity index (χ0v) is 13.7. The van der Waals surface area contributed by atoms with Crippen molar-refractivity contribution in [3.63, 3.8) is 0 Å². The van der Waals surface area contributed by atoms with Gasteiger partial charge in [0.1, 0.15) is 5.75 Å². The summed E-state index contributed by atoms with van der Waals surface area (Å²) < 4.78 is 5.28. The quantitative estimate of drug-likeness (QED) is 0.748. The second kappa shape index (κ2) is 5.02. The Labute approximate surface area is 140 Å². The van der Waals surface area contributed by atoms with Gasteiger partial charge in [0.05, 0.1) is 18.3 Å². The van der Waals surface area contributed by atoms with E-state index in [9.17, 15) is 14.7 Å². The van der Waals surface area contributed by atoms with E-state index in [2.05, 4.69) is 0 Å². The average Bonchev–Trinajstić information content (AvgIpc) is 2.57. The van der Waals surface area contributed by atoms with Crippen LogP contribution in [0.1, 0.15) is 56.3 Å². The highest BCUT2D eigenvalue weighted by molar-refractivity contribution is 6.29. The average molecular weight is 322 g/mol. The minimum Gasteiger partial charge on any atom is -0.496 e. The van der Waals surface area contributed by atoms with Gasteiger partial charge in [-0.2, -0.15) is 0 Å². The maximum absolute atomic E-state index is 13.1. The van der Waals surface area contributed by atoms with E-state index >= 15 is 0 Å². The molecule has 4 rings (SSSR count). The molecule has 0 saturated carbocycles. The molecule has 1 unspecified atom stereocenters. The summed E-state index contributed by atoms with van der Waals surface area (Å²) in [6, 6.07) is 8.69. The van der Waals surface area contributed by atoms with Crippen LogP contribution in [0.4, 0.5) is 0 Å². The third-order valence-electron chi connectivity index (χ3n) is 5.08. The molecular weight excluding hydrogens is 304 g/mol. The molecule has 1 N–H and O–H groups in total. The van der Waals surface area contributed by atoms with Gasteiger partial charge in [0.25, 0.3) is 0 Å². The van der Waals surface area contributed by atoms with Gasteiger partial charge in [-0.1, -0.05) is 18.2 Å². The number of fused-ring (bicyclic) bond motifs is 4. The first kappa shape index (κ1) is 15.1. The molecule has 2 aromatic carbocycles. The van der Waals surface area contributed by atoms with Crippen molar-refractivity contribution in [1.29, 1.82) is 0 Å². The Kier molecular flexibility index (Phi) is 3.15. The van der Waals surface area contributed by atoms with Crippen LogP contribution in [0.25, 0.3) is 0 Å². The number of ether oxygens (including phenoxy) is 1. The maximum atomic E-state index is 13.1. The van der Waals surface area contributed by atoms with Crippen molar-refractivity contribution >= 4 is 11.6 Å². The third kappa shape index (κ3) is 2.03. The molecule has 4 heteroatoms. The zero-order chi connectivity index (χ0) is 17.1. The topological polar surface area (TPSA) is 63.6 Å². The fourth-order valence-corrected chi connectivity index (χ4v) is 3.88. The van der Waals surface area contributed by atoms with Crippen LogP contribution in [0, 0.1) is 0 Å². The number of methoxy groups -OCH3 is 1. The van der Waals surface area contributed by atoms with Gasteiger partial charge < -0.3 is 9.84 Å². The molecule has 0 heterocycles. The molecule has 24 heavy (non-hydrogen) atoms. The number of ketones is 2. The molecule has 0 bridgehead atoms. The molecule has 0 aliphatic heterocycles. The summed E-state index contributed by atoms with van der Waals surface area (Å²) in [6.45, 7) is 1.81. The van der Waals surface area contributed by atoms with E-state index < -0.39 is 5.60 Å². The lowest BCUT2D eigenvalue weighted by atomic mass is 9.74. The van der Waals surface area contributed by atoms with Crippen LogP contribution in [0.15, 0.2) is 30.3 Å². The van der Waals surface area contributed by atoms with E-state index in [0.29, 0.717) is 47.3 Å². The SMILES string of the molecule is COc1cccc2c1C(=O)c1ccc3c(c1C2=O)CCC(C)(O)C3. The molecule has 0 radical (unpaired) electrons. The normalized spacial score (nSPS) is 21.8. The van der Waals surface area contributed by atoms with Gasteiger partial charge >= 0.3 is 0 Å². The monoisotopic (exact) mass is 322 g/mol. The van der Waals surface area contributed by atoms with E-state index in [-0.39, 0.29) is 11.6 Å². The van der Waals surface area contributed by atoms with Gasteiger partial charge in [0, 0.05) is 23.1 Å². The number of benzene rings is 2. The van der Waals surface area contributed by atoms with Gasteiger partial charge in [-0.25, -0.2) is 0 Å². The van der Waals surface area contributed by atoms with Crippen LogP contribution in [0.5, 0.6) is 5.75 Å². The molecular formula is C20H18O4. The van der Waals surface area contributed by atoms with Gasteiger partial charge in [-0.05, 0) is 43.0 Å². The minimum absolute atomic E-state index is 0.128. The number of hydrogen-bond donors (Lipinski definition) is 1. The van der Waals surface area contributed by atoms with Gasteiger partial charge in [-0.15, -0.1) is 0 Å². The van der Waals surface area contributed by atoms with Crippen molar-refractivity contribution < 1.29 is 19.4 Å². The minimum atomic E-state index is -0.760. The molecule has 122 valence electrons. The molecule has 0 fully saturated rings. The van der Waals surface area contributed by atoms with Crippen LogP contribution in [0.3, 0.4) is 0 Å². The molecule has 4 nitrogen and oxygen atoms in total. The van der Waals surface area contributed by atoms with Crippen molar-refractivity contribution in [3.05, 3.63) is 63.7 Å². The number of aliphatic hydroxyl groups is 1. The lowest BCUT2D eigenvalue weighted by molar-refractivity contribution is 0.0456. The summed E-state index contributed by atoms with van der Waals surface area (Å²) in [5, 5.41) is 10.3. The summed E-state index contributed by atoms with van der Waals surface area (Å²) in [5.74, 6) is 0.131. The first-order valence-corrected chi connectivity index (χ1v) is 8.06. The summed E-state index contributed by atoms with van der Waals surface area (Å²) >= 11 is 0. The summed E-state index contributed by atoms with van der Waals surface area (Å²) in [4.78, 5) is 26.0. The molecule has 0 saturated heterocycles. The standard InChI is InChI=1S/C20H18O4/c1-20(23)9-8-12-11(10-20)6-7-14-16(12)18(21)13-4-3-5-15(24-2)17(13)19(14)22/h3-7,23H,8-10H2,1-2H3. The Hall–Kier alpha value is -2.46. The van der Waals surface area contributed by atoms with Gasteiger partial charge in [0.2, 0.25) is 0 Å². The number of carbonyl (C=O) groups excluding carboxylic acids is 2. The lowest BCUT2D eigenvalue weighted by Gasteiger charge is -2.32. The van der Waals surface area contributed by atoms with Crippen LogP contribution >= 0.6 is 0 Å². The first-order valence-electron chi connectivity index (χ1n) is 8.06. The highest BCUT2D eigenvalue weighted by atomic mass is 16.5. The van der Waals surface area contributed by atoms with Gasteiger partial charge in [-0.3, -0.25) is 9.59 Å². The molecule has 2 aliphatic rings. The third-order valence-corrected chi connectivity index (χ3v) is 5.08. The Morgan fingerprint density at radius 3 is 2.50 bits per heavy atom. The first-order chi connectivity index (χ1) is 11.4. The van der Waals surface area contributed by atoms with Crippen molar-refractivity contribution in [2.24, 2.45) is 0 Å². The summed E-state index contributed by atoms with van der Waals surface area (Å²) in [7, 11) is 1.50. The zero-order valence-electron chi connectivity index (χ0n) is 13.7. The largest absolute Gasteiger partial charge is 0.496 e. The fraction of sp³-hybridized carbons (Fsp3) is 0.300. The molecule has 1 atom stereocenters. The molecule has 2 aromatic rings. The van der Waals surface area contributed by atoms with E-state index in [1.807, 2.05) is 13.0 Å². The van der Waals surface area contributed by atoms with Gasteiger partial charge in [0.15, 0.2) is 11.6 Å². The highest BCUT2D eigenvalue weighted by Gasteiger charge is 2.37. The van der Waals surface area contributed by atoms with Crippen LogP contribution in [0.2, 0.25) is 0 Å². The smallest absolute Gasteiger partial charge is 0.198 e. The molecule has 2 aliphatic carbocycles. The second-order valence-corrected chi connectivity index (χ2v) is 6.84. The Morgan fingerprint density at radius 2 is 1.75 bits per heavy atom. The predicted molar refractivity (Wildman–Crippen MR) is 88.9 cm³/mol. The van der Waals surface area contributed by atoms with Crippen LogP contribution in [-0.4, -0.2) is 29.4 Å². The van der Waals surface area contributed by atoms with Crippen molar-refractivity contribution in [2.75, 3.05) is 7.11 Å². The molecule has 0 amide bonds. The van der Waals surface area contributed by atoms with Crippen molar-refractivity contribution in [2.45, 2.75) is 31.8 Å². The Balaban J connectivity index is 1.95. The Bertz CT molecular complexity index is 893. The number of hydrogen-bond acceptors (Lipinski definition) is 4. The van der Waals surface area contributed by atoms with E-state index in [1.165, 1.54) is 7.11 Å². The van der Waals surface area contributed by atoms with Crippen LogP contribution < -0.4 is 4.74 Å². The Morgan fingerprint density at radius 1 is 1.04 bits per heavy atom. The van der Waals surface area contributed by atoms with E-state index in [0.717, 1.165) is 11.1 Å². The fourth-order valence-electron chi connectivity index (χ4n) is 3.88. The molecule has 0 aromatic heterocycles. The van der Waals surface area contributed by atoms with E-state index in [4.69, 9.17) is 4.74 Å². The maximum Gasteiger partial charge on any atom is 0.198 e. The summed E-state index contributed by atoms with van der Waals surface area (Å²) in [6.07, 6.45) is 1.69. The summed E-state index contributed by atoms with van der Waals surface area (Å²) in [5.41, 5.74) is 2.80. The lowest BCUT2D eigenvalue weighted by Crippen LogP contribution is -2.34. The van der Waals surface area contributed by atoms with Crippen LogP contribution in [-0.2, 0) is 12.8 Å². The number of rotatable bonds is 1. The number of carbonyl (C=O) groups is 2. The second-order valence-electron chi connectivity index (χ2n) is 6.84. The van der Waals surface area contributed by atoms with Crippen molar-refractivity contribution in [1.82, 2.24) is 0 Å². The predicted octanol–water partition coefficient (Wildman–Crippen LogP) is 2.71. The van der Waals surface area contributed by atoms with E-state index in [1.54, 1.807) is 24.3 Å².